The second kappa shape index (κ2) is 10.5. The molecular weight excluding hydrogens is 530 g/mol. The maximum atomic E-state index is 5.33. The molecule has 44 heavy (non-hydrogen) atoms. The van der Waals surface area contributed by atoms with E-state index in [1.807, 2.05) is 0 Å². The highest BCUT2D eigenvalue weighted by atomic mass is 14.7. The molecule has 1 nitrogen and oxygen atoms in total. The molecule has 5 aromatic carbocycles. The van der Waals surface area contributed by atoms with E-state index < -0.39 is 0 Å². The van der Waals surface area contributed by atoms with Crippen molar-refractivity contribution in [3.8, 4) is 44.8 Å². The lowest BCUT2D eigenvalue weighted by Gasteiger charge is -2.18. The zero-order valence-electron chi connectivity index (χ0n) is 25.3. The SMILES string of the molecule is Cc1ccc(-c2cc(-c3ccc(C)cc3)c(C)c(-c3cccc(-c4cc5c(c6ccccc46)C=C4C=CC=CC45)c3)n2)cc1. The summed E-state index contributed by atoms with van der Waals surface area (Å²) in [6.07, 6.45) is 11.3. The van der Waals surface area contributed by atoms with Gasteiger partial charge in [0.2, 0.25) is 0 Å². The molecule has 0 N–H and O–H groups in total. The molecule has 2 aliphatic rings. The van der Waals surface area contributed by atoms with Crippen molar-refractivity contribution in [3.05, 3.63) is 167 Å². The van der Waals surface area contributed by atoms with Crippen LogP contribution in [-0.4, -0.2) is 4.98 Å². The van der Waals surface area contributed by atoms with Gasteiger partial charge in [0.1, 0.15) is 0 Å². The van der Waals surface area contributed by atoms with Crippen LogP contribution in [0.2, 0.25) is 0 Å². The first-order valence-corrected chi connectivity index (χ1v) is 15.4. The van der Waals surface area contributed by atoms with Crippen LogP contribution in [0.4, 0.5) is 0 Å². The largest absolute Gasteiger partial charge is 0.247 e. The third-order valence-corrected chi connectivity index (χ3v) is 9.26. The number of fused-ring (bicyclic) bond motifs is 5. The Balaban J connectivity index is 1.32. The fourth-order valence-electron chi connectivity index (χ4n) is 6.85. The topological polar surface area (TPSA) is 12.9 Å². The van der Waals surface area contributed by atoms with Crippen LogP contribution in [0.15, 0.2) is 139 Å². The van der Waals surface area contributed by atoms with Gasteiger partial charge in [0.25, 0.3) is 0 Å². The van der Waals surface area contributed by atoms with E-state index in [9.17, 15) is 0 Å². The summed E-state index contributed by atoms with van der Waals surface area (Å²) < 4.78 is 0. The predicted octanol–water partition coefficient (Wildman–Crippen LogP) is 11.4. The van der Waals surface area contributed by atoms with Crippen LogP contribution in [0.25, 0.3) is 61.6 Å². The quantitative estimate of drug-likeness (QED) is 0.208. The van der Waals surface area contributed by atoms with Gasteiger partial charge in [-0.15, -0.1) is 0 Å². The molecule has 0 radical (unpaired) electrons. The van der Waals surface area contributed by atoms with Gasteiger partial charge < -0.3 is 0 Å². The van der Waals surface area contributed by atoms with E-state index in [2.05, 4.69) is 160 Å². The van der Waals surface area contributed by atoms with Gasteiger partial charge in [-0.3, -0.25) is 0 Å². The maximum Gasteiger partial charge on any atom is 0.0745 e. The number of pyridine rings is 1. The van der Waals surface area contributed by atoms with Crippen molar-refractivity contribution in [2.24, 2.45) is 0 Å². The summed E-state index contributed by atoms with van der Waals surface area (Å²) in [5.41, 5.74) is 17.0. The molecule has 0 bridgehead atoms. The van der Waals surface area contributed by atoms with Gasteiger partial charge in [-0.25, -0.2) is 4.98 Å². The first-order valence-electron chi connectivity index (χ1n) is 15.4. The monoisotopic (exact) mass is 563 g/mol. The number of aryl methyl sites for hydroxylation is 2. The lowest BCUT2D eigenvalue weighted by molar-refractivity contribution is 1.05. The molecule has 210 valence electrons. The summed E-state index contributed by atoms with van der Waals surface area (Å²) in [4.78, 5) is 5.33. The number of nitrogens with zero attached hydrogens (tertiary/aromatic N) is 1. The minimum Gasteiger partial charge on any atom is -0.247 e. The molecule has 1 atom stereocenters. The first kappa shape index (κ1) is 26.4. The van der Waals surface area contributed by atoms with Crippen molar-refractivity contribution in [2.45, 2.75) is 26.7 Å². The van der Waals surface area contributed by atoms with E-state index in [-0.39, 0.29) is 0 Å². The smallest absolute Gasteiger partial charge is 0.0745 e. The number of aromatic nitrogens is 1. The van der Waals surface area contributed by atoms with E-state index in [1.54, 1.807) is 0 Å². The molecule has 1 heterocycles. The molecule has 0 saturated carbocycles. The highest BCUT2D eigenvalue weighted by Gasteiger charge is 2.26. The summed E-state index contributed by atoms with van der Waals surface area (Å²) >= 11 is 0. The third-order valence-electron chi connectivity index (χ3n) is 9.26. The highest BCUT2D eigenvalue weighted by molar-refractivity contribution is 6.04. The molecule has 0 aliphatic heterocycles. The zero-order valence-corrected chi connectivity index (χ0v) is 25.3. The molecule has 1 aromatic heterocycles. The van der Waals surface area contributed by atoms with E-state index in [1.165, 1.54) is 66.4 Å². The highest BCUT2D eigenvalue weighted by Crippen LogP contribution is 2.46. The van der Waals surface area contributed by atoms with E-state index in [0.717, 1.165) is 22.5 Å². The summed E-state index contributed by atoms with van der Waals surface area (Å²) in [7, 11) is 0. The van der Waals surface area contributed by atoms with E-state index in [4.69, 9.17) is 4.98 Å². The molecule has 6 aromatic rings. The minimum absolute atomic E-state index is 0.314. The van der Waals surface area contributed by atoms with E-state index in [0.29, 0.717) is 5.92 Å². The number of hydrogen-bond donors (Lipinski definition) is 0. The van der Waals surface area contributed by atoms with Crippen molar-refractivity contribution in [1.82, 2.24) is 4.98 Å². The van der Waals surface area contributed by atoms with Gasteiger partial charge in [-0.2, -0.15) is 0 Å². The normalized spacial score (nSPS) is 14.9. The van der Waals surface area contributed by atoms with Crippen LogP contribution < -0.4 is 0 Å². The van der Waals surface area contributed by atoms with Crippen molar-refractivity contribution < 1.29 is 0 Å². The van der Waals surface area contributed by atoms with Gasteiger partial charge in [0.15, 0.2) is 0 Å². The Morgan fingerprint density at radius 3 is 2.05 bits per heavy atom. The van der Waals surface area contributed by atoms with Crippen LogP contribution in [0.3, 0.4) is 0 Å². The molecule has 0 amide bonds. The van der Waals surface area contributed by atoms with Gasteiger partial charge in [0, 0.05) is 17.0 Å². The lowest BCUT2D eigenvalue weighted by atomic mass is 9.86. The van der Waals surface area contributed by atoms with Crippen molar-refractivity contribution in [1.29, 1.82) is 0 Å². The Morgan fingerprint density at radius 1 is 0.568 bits per heavy atom. The number of benzene rings is 5. The van der Waals surface area contributed by atoms with Crippen molar-refractivity contribution in [3.63, 3.8) is 0 Å². The van der Waals surface area contributed by atoms with Gasteiger partial charge in [-0.05, 0) is 100 Å². The number of allylic oxidation sites excluding steroid dienone is 5. The van der Waals surface area contributed by atoms with Gasteiger partial charge >= 0.3 is 0 Å². The van der Waals surface area contributed by atoms with Gasteiger partial charge in [0.05, 0.1) is 11.4 Å². The molecule has 0 saturated heterocycles. The molecule has 8 rings (SSSR count). The summed E-state index contributed by atoms with van der Waals surface area (Å²) in [5.74, 6) is 0.314. The fraction of sp³-hybridized carbons (Fsp3) is 0.0930. The maximum absolute atomic E-state index is 5.33. The summed E-state index contributed by atoms with van der Waals surface area (Å²) in [6, 6.07) is 40.0. The van der Waals surface area contributed by atoms with E-state index >= 15 is 0 Å². The second-order valence-electron chi connectivity index (χ2n) is 12.2. The average Bonchev–Trinajstić information content (AvgIpc) is 3.44. The molecular formula is C43H33N. The Bertz CT molecular complexity index is 2170. The molecule has 1 heteroatoms. The first-order chi connectivity index (χ1) is 21.5. The molecule has 0 spiro atoms. The standard InChI is InChI=1S/C43H33N/c1-27-15-19-30(20-16-27)38-26-42(31-21-17-28(2)18-22-31)44-43(29(38)3)34-11-8-10-32(23-34)39-25-41-35-12-5-4-9-33(35)24-40(41)37-14-7-6-13-36(37)39/h4-26,35H,1-3H3. The third kappa shape index (κ3) is 4.44. The Morgan fingerprint density at radius 2 is 1.27 bits per heavy atom. The Kier molecular flexibility index (Phi) is 6.27. The van der Waals surface area contributed by atoms with Crippen LogP contribution in [0.5, 0.6) is 0 Å². The molecule has 1 unspecified atom stereocenters. The minimum atomic E-state index is 0.314. The van der Waals surface area contributed by atoms with Crippen molar-refractivity contribution in [2.75, 3.05) is 0 Å². The Labute approximate surface area is 259 Å². The lowest BCUT2D eigenvalue weighted by Crippen LogP contribution is -1.98. The number of rotatable bonds is 4. The predicted molar refractivity (Wildman–Crippen MR) is 187 cm³/mol. The second-order valence-corrected chi connectivity index (χ2v) is 12.2. The summed E-state index contributed by atoms with van der Waals surface area (Å²) in [5, 5.41) is 2.59. The molecule has 2 aliphatic carbocycles. The zero-order chi connectivity index (χ0) is 29.8. The van der Waals surface area contributed by atoms with Crippen LogP contribution in [-0.2, 0) is 0 Å². The van der Waals surface area contributed by atoms with Crippen LogP contribution in [0.1, 0.15) is 33.7 Å². The van der Waals surface area contributed by atoms with Crippen LogP contribution in [0, 0.1) is 20.8 Å². The van der Waals surface area contributed by atoms with Gasteiger partial charge in [-0.1, -0.05) is 126 Å². The number of hydrogen-bond acceptors (Lipinski definition) is 1. The fourth-order valence-corrected chi connectivity index (χ4v) is 6.85. The molecule has 0 fully saturated rings. The van der Waals surface area contributed by atoms with Crippen LogP contribution >= 0.6 is 0 Å². The average molecular weight is 564 g/mol. The Hall–Kier alpha value is -5.27. The van der Waals surface area contributed by atoms with Crippen molar-refractivity contribution >= 4 is 16.8 Å². The summed E-state index contributed by atoms with van der Waals surface area (Å²) in [6.45, 7) is 6.48.